The molecular formula is C7H6ClN3. The van der Waals surface area contributed by atoms with Crippen LogP contribution in [0.25, 0.3) is 11.2 Å². The molecule has 0 spiro atoms. The van der Waals surface area contributed by atoms with Crippen molar-refractivity contribution in [3.05, 3.63) is 23.6 Å². The average Bonchev–Trinajstić information content (AvgIpc) is 2.34. The van der Waals surface area contributed by atoms with Gasteiger partial charge in [-0.15, -0.1) is 0 Å². The smallest absolute Gasteiger partial charge is 0.179 e. The van der Waals surface area contributed by atoms with E-state index in [1.165, 1.54) is 0 Å². The molecule has 0 bridgehead atoms. The highest BCUT2D eigenvalue weighted by Gasteiger charge is 2.02. The second-order valence-corrected chi connectivity index (χ2v) is 2.73. The van der Waals surface area contributed by atoms with Gasteiger partial charge in [-0.25, -0.2) is 9.97 Å². The lowest BCUT2D eigenvalue weighted by Gasteiger charge is -1.94. The Bertz CT molecular complexity index is 393. The number of aryl methyl sites for hydroxylation is 1. The predicted molar refractivity (Wildman–Crippen MR) is 43.5 cm³/mol. The van der Waals surface area contributed by atoms with Gasteiger partial charge < -0.3 is 4.57 Å². The predicted octanol–water partition coefficient (Wildman–Crippen LogP) is 1.62. The van der Waals surface area contributed by atoms with Crippen LogP contribution in [0.1, 0.15) is 0 Å². The molecule has 0 unspecified atom stereocenters. The molecule has 0 amide bonds. The van der Waals surface area contributed by atoms with Crippen LogP contribution >= 0.6 is 11.6 Å². The Kier molecular flexibility index (Phi) is 1.32. The van der Waals surface area contributed by atoms with Crippen molar-refractivity contribution in [3.8, 4) is 0 Å². The van der Waals surface area contributed by atoms with Crippen LogP contribution in [-0.4, -0.2) is 14.5 Å². The zero-order valence-corrected chi connectivity index (χ0v) is 6.71. The van der Waals surface area contributed by atoms with Crippen LogP contribution in [0.3, 0.4) is 0 Å². The quantitative estimate of drug-likeness (QED) is 0.597. The molecule has 0 radical (unpaired) electrons. The summed E-state index contributed by atoms with van der Waals surface area (Å²) in [4.78, 5) is 8.09. The molecule has 0 aliphatic heterocycles. The number of hydrogen-bond acceptors (Lipinski definition) is 2. The average molecular weight is 168 g/mol. The van der Waals surface area contributed by atoms with Gasteiger partial charge in [0.1, 0.15) is 5.52 Å². The van der Waals surface area contributed by atoms with Crippen molar-refractivity contribution in [2.45, 2.75) is 0 Å². The Morgan fingerprint density at radius 2 is 2.27 bits per heavy atom. The molecule has 2 aromatic heterocycles. The van der Waals surface area contributed by atoms with E-state index in [4.69, 9.17) is 11.6 Å². The third-order valence-corrected chi connectivity index (χ3v) is 1.87. The molecule has 0 aromatic carbocycles. The van der Waals surface area contributed by atoms with Gasteiger partial charge in [-0.1, -0.05) is 11.6 Å². The third-order valence-electron chi connectivity index (χ3n) is 1.56. The molecule has 56 valence electrons. The van der Waals surface area contributed by atoms with Crippen LogP contribution in [0.4, 0.5) is 0 Å². The van der Waals surface area contributed by atoms with Crippen molar-refractivity contribution in [2.24, 2.45) is 7.05 Å². The molecular weight excluding hydrogens is 162 g/mol. The molecule has 2 heterocycles. The summed E-state index contributed by atoms with van der Waals surface area (Å²) in [6, 6.07) is 1.76. The maximum Gasteiger partial charge on any atom is 0.179 e. The molecule has 0 aliphatic rings. The van der Waals surface area contributed by atoms with Crippen molar-refractivity contribution in [1.29, 1.82) is 0 Å². The second-order valence-electron chi connectivity index (χ2n) is 2.32. The van der Waals surface area contributed by atoms with Gasteiger partial charge in [-0.3, -0.25) is 0 Å². The number of halogens is 1. The van der Waals surface area contributed by atoms with E-state index < -0.39 is 0 Å². The highest BCUT2D eigenvalue weighted by Crippen LogP contribution is 2.18. The van der Waals surface area contributed by atoms with Crippen LogP contribution in [0.2, 0.25) is 5.02 Å². The topological polar surface area (TPSA) is 30.7 Å². The Balaban J connectivity index is 2.96. The maximum atomic E-state index is 5.90. The van der Waals surface area contributed by atoms with E-state index in [1.54, 1.807) is 18.6 Å². The molecule has 11 heavy (non-hydrogen) atoms. The van der Waals surface area contributed by atoms with Gasteiger partial charge in [0.15, 0.2) is 5.65 Å². The van der Waals surface area contributed by atoms with Crippen LogP contribution in [0.5, 0.6) is 0 Å². The van der Waals surface area contributed by atoms with E-state index in [0.717, 1.165) is 5.52 Å². The number of imidazole rings is 1. The first-order valence-corrected chi connectivity index (χ1v) is 3.58. The molecule has 2 rings (SSSR count). The second kappa shape index (κ2) is 2.20. The van der Waals surface area contributed by atoms with Crippen molar-refractivity contribution >= 4 is 22.8 Å². The zero-order chi connectivity index (χ0) is 7.84. The first-order valence-electron chi connectivity index (χ1n) is 3.20. The summed E-state index contributed by atoms with van der Waals surface area (Å²) < 4.78 is 1.85. The lowest BCUT2D eigenvalue weighted by atomic mass is 10.4. The van der Waals surface area contributed by atoms with Crippen molar-refractivity contribution in [1.82, 2.24) is 14.5 Å². The van der Waals surface area contributed by atoms with Gasteiger partial charge >= 0.3 is 0 Å². The van der Waals surface area contributed by atoms with E-state index in [0.29, 0.717) is 10.7 Å². The summed E-state index contributed by atoms with van der Waals surface area (Å²) in [6.07, 6.45) is 3.35. The van der Waals surface area contributed by atoms with E-state index in [-0.39, 0.29) is 0 Å². The molecule has 0 fully saturated rings. The molecule has 4 heteroatoms. The number of rotatable bonds is 0. The van der Waals surface area contributed by atoms with Crippen LogP contribution < -0.4 is 0 Å². The van der Waals surface area contributed by atoms with Crippen molar-refractivity contribution < 1.29 is 0 Å². The van der Waals surface area contributed by atoms with E-state index in [2.05, 4.69) is 9.97 Å². The largest absolute Gasteiger partial charge is 0.331 e. The standard InChI is InChI=1S/C7H6ClN3/c1-11-4-10-7-6(11)5(8)2-3-9-7/h2-4H,1H3. The van der Waals surface area contributed by atoms with Crippen molar-refractivity contribution in [3.63, 3.8) is 0 Å². The number of fused-ring (bicyclic) bond motifs is 1. The summed E-state index contributed by atoms with van der Waals surface area (Å²) in [7, 11) is 1.89. The first kappa shape index (κ1) is 6.61. The highest BCUT2D eigenvalue weighted by molar-refractivity contribution is 6.34. The van der Waals surface area contributed by atoms with Crippen LogP contribution in [0.15, 0.2) is 18.6 Å². The maximum absolute atomic E-state index is 5.90. The fourth-order valence-corrected chi connectivity index (χ4v) is 1.31. The van der Waals surface area contributed by atoms with Gasteiger partial charge in [0.05, 0.1) is 11.3 Å². The SMILES string of the molecule is Cn1cnc2nccc(Cl)c21. The zero-order valence-electron chi connectivity index (χ0n) is 5.95. The molecule has 2 aromatic rings. The summed E-state index contributed by atoms with van der Waals surface area (Å²) in [5.74, 6) is 0. The van der Waals surface area contributed by atoms with Gasteiger partial charge in [-0.05, 0) is 6.07 Å². The molecule has 0 N–H and O–H groups in total. The third kappa shape index (κ3) is 0.886. The minimum absolute atomic E-state index is 0.690. The Morgan fingerprint density at radius 1 is 1.45 bits per heavy atom. The van der Waals surface area contributed by atoms with Crippen LogP contribution in [0, 0.1) is 0 Å². The van der Waals surface area contributed by atoms with Gasteiger partial charge in [0.25, 0.3) is 0 Å². The minimum Gasteiger partial charge on any atom is -0.331 e. The summed E-state index contributed by atoms with van der Waals surface area (Å²) in [6.45, 7) is 0. The summed E-state index contributed by atoms with van der Waals surface area (Å²) >= 11 is 5.90. The van der Waals surface area contributed by atoms with E-state index >= 15 is 0 Å². The summed E-state index contributed by atoms with van der Waals surface area (Å²) in [5.41, 5.74) is 1.58. The summed E-state index contributed by atoms with van der Waals surface area (Å²) in [5, 5.41) is 0.690. The number of nitrogens with zero attached hydrogens (tertiary/aromatic N) is 3. The fourth-order valence-electron chi connectivity index (χ4n) is 1.04. The van der Waals surface area contributed by atoms with Gasteiger partial charge in [0.2, 0.25) is 0 Å². The Morgan fingerprint density at radius 3 is 3.00 bits per heavy atom. The number of aromatic nitrogens is 3. The molecule has 0 saturated heterocycles. The minimum atomic E-state index is 0.690. The Hall–Kier alpha value is -1.09. The number of hydrogen-bond donors (Lipinski definition) is 0. The molecule has 0 saturated carbocycles. The number of pyridine rings is 1. The Labute approximate surface area is 68.6 Å². The highest BCUT2D eigenvalue weighted by atomic mass is 35.5. The lowest BCUT2D eigenvalue weighted by Crippen LogP contribution is -1.85. The normalized spacial score (nSPS) is 10.7. The lowest BCUT2D eigenvalue weighted by molar-refractivity contribution is 0.948. The molecule has 3 nitrogen and oxygen atoms in total. The first-order chi connectivity index (χ1) is 5.29. The van der Waals surface area contributed by atoms with Gasteiger partial charge in [0, 0.05) is 13.2 Å². The van der Waals surface area contributed by atoms with E-state index in [1.807, 2.05) is 11.6 Å². The van der Waals surface area contributed by atoms with Crippen LogP contribution in [-0.2, 0) is 7.05 Å². The molecule has 0 atom stereocenters. The molecule has 0 aliphatic carbocycles. The van der Waals surface area contributed by atoms with Crippen molar-refractivity contribution in [2.75, 3.05) is 0 Å². The monoisotopic (exact) mass is 167 g/mol. The van der Waals surface area contributed by atoms with Gasteiger partial charge in [-0.2, -0.15) is 0 Å². The van der Waals surface area contributed by atoms with E-state index in [9.17, 15) is 0 Å². The fraction of sp³-hybridized carbons (Fsp3) is 0.143.